The van der Waals surface area contributed by atoms with E-state index in [1.54, 1.807) is 0 Å². The van der Waals surface area contributed by atoms with Crippen molar-refractivity contribution in [2.75, 3.05) is 0 Å². The molecule has 1 unspecified atom stereocenters. The molecule has 2 aliphatic rings. The Hall–Kier alpha value is -2.89. The van der Waals surface area contributed by atoms with E-state index in [9.17, 15) is 4.79 Å². The van der Waals surface area contributed by atoms with Crippen LogP contribution in [0.15, 0.2) is 47.3 Å². The zero-order chi connectivity index (χ0) is 14.4. The normalized spacial score (nSPS) is 23.0. The maximum absolute atomic E-state index is 12.1. The minimum Gasteiger partial charge on any atom is -0.402 e. The fourth-order valence-electron chi connectivity index (χ4n) is 2.79. The fourth-order valence-corrected chi connectivity index (χ4v) is 2.79. The van der Waals surface area contributed by atoms with E-state index in [4.69, 9.17) is 5.73 Å². The Morgan fingerprint density at radius 2 is 2.10 bits per heavy atom. The average molecular weight is 279 g/mol. The zero-order valence-electron chi connectivity index (χ0n) is 11.1. The number of hydrogen-bond acceptors (Lipinski definition) is 4. The monoisotopic (exact) mass is 279 g/mol. The molecule has 1 amide bonds. The van der Waals surface area contributed by atoms with Crippen molar-refractivity contribution in [3.05, 3.63) is 52.9 Å². The highest BCUT2D eigenvalue weighted by Gasteiger charge is 2.34. The molecule has 1 aliphatic heterocycles. The number of hydrogen-bond donors (Lipinski definition) is 3. The SMILES string of the molecule is NC1=CC=C2NC(=O)/C(=C/c3ccc4n[nH]nc4c3)C2C1. The number of carbonyl (C=O) groups is 1. The van der Waals surface area contributed by atoms with Crippen LogP contribution in [0.25, 0.3) is 17.1 Å². The molecule has 2 heterocycles. The van der Waals surface area contributed by atoms with Crippen LogP contribution in [-0.4, -0.2) is 21.3 Å². The lowest BCUT2D eigenvalue weighted by atomic mass is 9.90. The highest BCUT2D eigenvalue weighted by atomic mass is 16.2. The molecule has 1 saturated heterocycles. The van der Waals surface area contributed by atoms with Gasteiger partial charge in [-0.05, 0) is 42.3 Å². The summed E-state index contributed by atoms with van der Waals surface area (Å²) in [7, 11) is 0. The minimum atomic E-state index is -0.0606. The number of rotatable bonds is 1. The second kappa shape index (κ2) is 4.31. The largest absolute Gasteiger partial charge is 0.402 e. The molecule has 1 aromatic carbocycles. The first-order chi connectivity index (χ1) is 10.2. The van der Waals surface area contributed by atoms with E-state index < -0.39 is 0 Å². The zero-order valence-corrected chi connectivity index (χ0v) is 11.1. The van der Waals surface area contributed by atoms with Crippen LogP contribution in [-0.2, 0) is 4.79 Å². The summed E-state index contributed by atoms with van der Waals surface area (Å²) in [6.45, 7) is 0. The average Bonchev–Trinajstić information content (AvgIpc) is 3.04. The molecule has 1 aliphatic carbocycles. The van der Waals surface area contributed by atoms with Gasteiger partial charge in [0.15, 0.2) is 0 Å². The highest BCUT2D eigenvalue weighted by Crippen LogP contribution is 2.34. The maximum atomic E-state index is 12.1. The molecule has 0 radical (unpaired) electrons. The molecule has 1 fully saturated rings. The first kappa shape index (κ1) is 11.9. The van der Waals surface area contributed by atoms with E-state index in [-0.39, 0.29) is 11.8 Å². The molecular formula is C15H13N5O. The maximum Gasteiger partial charge on any atom is 0.252 e. The van der Waals surface area contributed by atoms with E-state index in [1.165, 1.54) is 0 Å². The van der Waals surface area contributed by atoms with Crippen LogP contribution in [0, 0.1) is 5.92 Å². The van der Waals surface area contributed by atoms with Crippen molar-refractivity contribution < 1.29 is 4.79 Å². The Morgan fingerprint density at radius 3 is 3.00 bits per heavy atom. The predicted octanol–water partition coefficient (Wildman–Crippen LogP) is 1.22. The molecule has 4 N–H and O–H groups in total. The van der Waals surface area contributed by atoms with Crippen molar-refractivity contribution in [1.82, 2.24) is 20.7 Å². The third kappa shape index (κ3) is 1.92. The number of aromatic nitrogens is 3. The summed E-state index contributed by atoms with van der Waals surface area (Å²) < 4.78 is 0. The van der Waals surface area contributed by atoms with Gasteiger partial charge in [-0.25, -0.2) is 0 Å². The summed E-state index contributed by atoms with van der Waals surface area (Å²) in [5.74, 6) is -0.0369. The van der Waals surface area contributed by atoms with Crippen molar-refractivity contribution in [2.24, 2.45) is 11.7 Å². The standard InChI is InChI=1S/C15H13N5O/c16-9-2-4-12-10(7-9)11(15(21)17-12)5-8-1-3-13-14(6-8)19-20-18-13/h1-6,10H,7,16H2,(H,17,21)(H,18,19,20)/b11-5+. The molecule has 1 aromatic heterocycles. The van der Waals surface area contributed by atoms with Crippen LogP contribution in [0.4, 0.5) is 0 Å². The van der Waals surface area contributed by atoms with Gasteiger partial charge in [-0.3, -0.25) is 4.79 Å². The molecule has 104 valence electrons. The van der Waals surface area contributed by atoms with Gasteiger partial charge in [0.1, 0.15) is 11.0 Å². The molecule has 2 aromatic rings. The summed E-state index contributed by atoms with van der Waals surface area (Å²) in [4.78, 5) is 12.1. The number of H-pyrrole nitrogens is 1. The van der Waals surface area contributed by atoms with Crippen molar-refractivity contribution in [3.63, 3.8) is 0 Å². The van der Waals surface area contributed by atoms with Crippen molar-refractivity contribution >= 4 is 23.0 Å². The number of aromatic amines is 1. The van der Waals surface area contributed by atoms with Gasteiger partial charge in [-0.2, -0.15) is 15.4 Å². The summed E-state index contributed by atoms with van der Waals surface area (Å²) in [5, 5.41) is 13.6. The lowest BCUT2D eigenvalue weighted by molar-refractivity contribution is -0.115. The molecule has 0 saturated carbocycles. The number of fused-ring (bicyclic) bond motifs is 2. The summed E-state index contributed by atoms with van der Waals surface area (Å²) >= 11 is 0. The molecule has 0 bridgehead atoms. The van der Waals surface area contributed by atoms with Crippen molar-refractivity contribution in [2.45, 2.75) is 6.42 Å². The lowest BCUT2D eigenvalue weighted by Crippen LogP contribution is -2.15. The number of nitrogens with zero attached hydrogens (tertiary/aromatic N) is 2. The van der Waals surface area contributed by atoms with E-state index in [0.29, 0.717) is 6.42 Å². The Labute approximate surface area is 120 Å². The number of nitrogens with two attached hydrogens (primary N) is 1. The first-order valence-electron chi connectivity index (χ1n) is 6.70. The topological polar surface area (TPSA) is 96.7 Å². The van der Waals surface area contributed by atoms with E-state index in [1.807, 2.05) is 36.4 Å². The third-order valence-corrected chi connectivity index (χ3v) is 3.85. The van der Waals surface area contributed by atoms with Crippen molar-refractivity contribution in [3.8, 4) is 0 Å². The molecular weight excluding hydrogens is 266 g/mol. The second-order valence-corrected chi connectivity index (χ2v) is 5.25. The number of nitrogens with one attached hydrogen (secondary N) is 2. The molecule has 4 rings (SSSR count). The number of benzene rings is 1. The Bertz CT molecular complexity index is 843. The first-order valence-corrected chi connectivity index (χ1v) is 6.70. The summed E-state index contributed by atoms with van der Waals surface area (Å²) in [6, 6.07) is 5.71. The van der Waals surface area contributed by atoms with Gasteiger partial charge in [0.05, 0.1) is 0 Å². The third-order valence-electron chi connectivity index (χ3n) is 3.85. The van der Waals surface area contributed by atoms with Crippen molar-refractivity contribution in [1.29, 1.82) is 0 Å². The summed E-state index contributed by atoms with van der Waals surface area (Å²) in [6.07, 6.45) is 6.29. The molecule has 6 heteroatoms. The predicted molar refractivity (Wildman–Crippen MR) is 78.5 cm³/mol. The van der Waals surface area contributed by atoms with Gasteiger partial charge in [0.2, 0.25) is 0 Å². The van der Waals surface area contributed by atoms with Gasteiger partial charge in [0, 0.05) is 22.9 Å². The van der Waals surface area contributed by atoms with Crippen LogP contribution in [0.1, 0.15) is 12.0 Å². The van der Waals surface area contributed by atoms with Gasteiger partial charge in [-0.1, -0.05) is 6.07 Å². The fraction of sp³-hybridized carbons (Fsp3) is 0.133. The van der Waals surface area contributed by atoms with E-state index >= 15 is 0 Å². The Balaban J connectivity index is 1.75. The van der Waals surface area contributed by atoms with Gasteiger partial charge < -0.3 is 11.1 Å². The highest BCUT2D eigenvalue weighted by molar-refractivity contribution is 6.03. The van der Waals surface area contributed by atoms with Crippen LogP contribution >= 0.6 is 0 Å². The van der Waals surface area contributed by atoms with Crippen LogP contribution in [0.5, 0.6) is 0 Å². The Kier molecular flexibility index (Phi) is 2.44. The Morgan fingerprint density at radius 1 is 1.24 bits per heavy atom. The van der Waals surface area contributed by atoms with E-state index in [0.717, 1.165) is 33.6 Å². The second-order valence-electron chi connectivity index (χ2n) is 5.25. The number of amides is 1. The van der Waals surface area contributed by atoms with Gasteiger partial charge in [-0.15, -0.1) is 0 Å². The lowest BCUT2D eigenvalue weighted by Gasteiger charge is -2.15. The summed E-state index contributed by atoms with van der Waals surface area (Å²) in [5.41, 5.74) is 10.8. The van der Waals surface area contributed by atoms with Crippen LogP contribution in [0.2, 0.25) is 0 Å². The van der Waals surface area contributed by atoms with E-state index in [2.05, 4.69) is 20.7 Å². The smallest absolute Gasteiger partial charge is 0.252 e. The number of allylic oxidation sites excluding steroid dienone is 4. The number of carbonyl (C=O) groups excluding carboxylic acids is 1. The molecule has 1 atom stereocenters. The molecule has 0 spiro atoms. The minimum absolute atomic E-state index is 0.0236. The van der Waals surface area contributed by atoms with Crippen LogP contribution in [0.3, 0.4) is 0 Å². The van der Waals surface area contributed by atoms with Crippen LogP contribution < -0.4 is 11.1 Å². The quantitative estimate of drug-likeness (QED) is 0.684. The van der Waals surface area contributed by atoms with Gasteiger partial charge >= 0.3 is 0 Å². The molecule has 6 nitrogen and oxygen atoms in total. The molecule has 21 heavy (non-hydrogen) atoms. The van der Waals surface area contributed by atoms with Gasteiger partial charge in [0.25, 0.3) is 5.91 Å².